The van der Waals surface area contributed by atoms with Gasteiger partial charge < -0.3 is 4.57 Å². The molecule has 2 amide bonds. The molecular formula is C24H20BrN3O2S. The Bertz CT molecular complexity index is 1260. The highest BCUT2D eigenvalue weighted by Gasteiger charge is 2.35. The molecule has 7 heteroatoms. The molecule has 1 N–H and O–H groups in total. The summed E-state index contributed by atoms with van der Waals surface area (Å²) in [6.07, 6.45) is 1.64. The molecule has 1 fully saturated rings. The Labute approximate surface area is 194 Å². The maximum Gasteiger partial charge on any atom is 0.270 e. The minimum atomic E-state index is -0.495. The number of benzene rings is 2. The van der Waals surface area contributed by atoms with Crippen molar-refractivity contribution in [2.45, 2.75) is 20.8 Å². The maximum absolute atomic E-state index is 13.4. The van der Waals surface area contributed by atoms with Crippen molar-refractivity contribution in [1.82, 2.24) is 9.88 Å². The Morgan fingerprint density at radius 1 is 1.00 bits per heavy atom. The number of aromatic nitrogens is 1. The number of amides is 2. The molecule has 4 rings (SSSR count). The Hall–Kier alpha value is -3.03. The normalized spacial score (nSPS) is 15.5. The van der Waals surface area contributed by atoms with Crippen LogP contribution in [0, 0.1) is 20.8 Å². The number of hydrogen-bond donors (Lipinski definition) is 1. The molecule has 0 bridgehead atoms. The monoisotopic (exact) mass is 493 g/mol. The van der Waals surface area contributed by atoms with Gasteiger partial charge in [0.15, 0.2) is 5.11 Å². The van der Waals surface area contributed by atoms with Crippen molar-refractivity contribution >= 4 is 56.8 Å². The number of nitrogens with one attached hydrogen (secondary N) is 1. The van der Waals surface area contributed by atoms with Crippen LogP contribution in [0.15, 0.2) is 64.6 Å². The van der Waals surface area contributed by atoms with E-state index in [-0.39, 0.29) is 10.7 Å². The fraction of sp³-hybridized carbons (Fsp3) is 0.125. The number of para-hydroxylation sites is 1. The summed E-state index contributed by atoms with van der Waals surface area (Å²) in [6.45, 7) is 5.86. The Morgan fingerprint density at radius 3 is 2.39 bits per heavy atom. The first kappa shape index (κ1) is 21.2. The van der Waals surface area contributed by atoms with Gasteiger partial charge in [-0.1, -0.05) is 34.1 Å². The van der Waals surface area contributed by atoms with Gasteiger partial charge in [-0.25, -0.2) is 0 Å². The molecule has 2 aromatic carbocycles. The van der Waals surface area contributed by atoms with E-state index >= 15 is 0 Å². The second-order valence-electron chi connectivity index (χ2n) is 7.39. The fourth-order valence-corrected chi connectivity index (χ4v) is 4.56. The quantitative estimate of drug-likeness (QED) is 0.317. The van der Waals surface area contributed by atoms with Crippen LogP contribution in [0.5, 0.6) is 0 Å². The highest BCUT2D eigenvalue weighted by molar-refractivity contribution is 9.10. The van der Waals surface area contributed by atoms with Crippen LogP contribution in [-0.4, -0.2) is 21.5 Å². The number of thiocarbonyl (C=S) groups is 1. The van der Waals surface area contributed by atoms with E-state index in [1.165, 1.54) is 4.90 Å². The molecule has 156 valence electrons. The van der Waals surface area contributed by atoms with E-state index in [9.17, 15) is 9.59 Å². The fourth-order valence-electron chi connectivity index (χ4n) is 3.81. The highest BCUT2D eigenvalue weighted by atomic mass is 79.9. The van der Waals surface area contributed by atoms with Crippen molar-refractivity contribution in [3.05, 3.63) is 87.2 Å². The van der Waals surface area contributed by atoms with E-state index < -0.39 is 11.8 Å². The molecule has 0 saturated carbocycles. The SMILES string of the molecule is Cc1cc(Br)ccc1N1C(=O)/C(=C\c2cc(C)n(-c3ccccc3)c2C)C(=O)NC1=S. The molecule has 1 aromatic heterocycles. The topological polar surface area (TPSA) is 54.3 Å². The Balaban J connectivity index is 1.78. The lowest BCUT2D eigenvalue weighted by molar-refractivity contribution is -0.122. The van der Waals surface area contributed by atoms with Crippen LogP contribution in [0.1, 0.15) is 22.5 Å². The highest BCUT2D eigenvalue weighted by Crippen LogP contribution is 2.29. The van der Waals surface area contributed by atoms with Gasteiger partial charge >= 0.3 is 0 Å². The van der Waals surface area contributed by atoms with Crippen LogP contribution in [-0.2, 0) is 9.59 Å². The first-order valence-corrected chi connectivity index (χ1v) is 10.9. The molecule has 3 aromatic rings. The van der Waals surface area contributed by atoms with E-state index in [2.05, 4.69) is 25.8 Å². The van der Waals surface area contributed by atoms with E-state index in [1.54, 1.807) is 12.1 Å². The minimum Gasteiger partial charge on any atom is -0.318 e. The maximum atomic E-state index is 13.4. The number of hydrogen-bond acceptors (Lipinski definition) is 3. The number of carbonyl (C=O) groups is 2. The number of rotatable bonds is 3. The van der Waals surface area contributed by atoms with Gasteiger partial charge in [-0.2, -0.15) is 0 Å². The van der Waals surface area contributed by atoms with Crippen molar-refractivity contribution in [3.63, 3.8) is 0 Å². The van der Waals surface area contributed by atoms with Gasteiger partial charge in [0.25, 0.3) is 11.8 Å². The molecule has 0 aliphatic carbocycles. The van der Waals surface area contributed by atoms with Crippen LogP contribution in [0.2, 0.25) is 0 Å². The first-order chi connectivity index (χ1) is 14.8. The van der Waals surface area contributed by atoms with E-state index in [1.807, 2.05) is 69.3 Å². The summed E-state index contributed by atoms with van der Waals surface area (Å²) in [4.78, 5) is 27.4. The van der Waals surface area contributed by atoms with Crippen molar-refractivity contribution in [1.29, 1.82) is 0 Å². The van der Waals surface area contributed by atoms with E-state index in [0.29, 0.717) is 5.69 Å². The van der Waals surface area contributed by atoms with Crippen molar-refractivity contribution in [2.24, 2.45) is 0 Å². The van der Waals surface area contributed by atoms with Crippen molar-refractivity contribution < 1.29 is 9.59 Å². The lowest BCUT2D eigenvalue weighted by Crippen LogP contribution is -2.54. The van der Waals surface area contributed by atoms with Gasteiger partial charge in [0.1, 0.15) is 5.57 Å². The zero-order valence-electron chi connectivity index (χ0n) is 17.3. The molecule has 0 spiro atoms. The standard InChI is InChI=1S/C24H20BrN3O2S/c1-14-11-18(25)9-10-21(14)28-23(30)20(22(29)26-24(28)31)13-17-12-15(2)27(16(17)3)19-7-5-4-6-8-19/h4-13H,1-3H3,(H,26,29,31)/b20-13-. The first-order valence-electron chi connectivity index (χ1n) is 9.70. The predicted molar refractivity (Wildman–Crippen MR) is 130 cm³/mol. The van der Waals surface area contributed by atoms with Gasteiger partial charge in [0.05, 0.1) is 5.69 Å². The molecule has 0 unspecified atom stereocenters. The van der Waals surface area contributed by atoms with Crippen LogP contribution in [0.3, 0.4) is 0 Å². The number of halogens is 1. The lowest BCUT2D eigenvalue weighted by atomic mass is 10.1. The molecule has 1 saturated heterocycles. The third-order valence-corrected chi connectivity index (χ3v) is 6.06. The van der Waals surface area contributed by atoms with Gasteiger partial charge in [-0.05, 0) is 86.6 Å². The second-order valence-corrected chi connectivity index (χ2v) is 8.69. The van der Waals surface area contributed by atoms with Crippen LogP contribution in [0.4, 0.5) is 5.69 Å². The summed E-state index contributed by atoms with van der Waals surface area (Å²) in [7, 11) is 0. The summed E-state index contributed by atoms with van der Waals surface area (Å²) in [6, 6.07) is 17.5. The number of aryl methyl sites for hydroxylation is 2. The number of anilines is 1. The molecule has 1 aliphatic heterocycles. The molecule has 5 nitrogen and oxygen atoms in total. The molecular weight excluding hydrogens is 474 g/mol. The number of nitrogens with zero attached hydrogens (tertiary/aromatic N) is 2. The van der Waals surface area contributed by atoms with Gasteiger partial charge in [-0.3, -0.25) is 19.8 Å². The summed E-state index contributed by atoms with van der Waals surface area (Å²) >= 11 is 8.75. The zero-order valence-corrected chi connectivity index (χ0v) is 19.7. The lowest BCUT2D eigenvalue weighted by Gasteiger charge is -2.30. The second kappa shape index (κ2) is 8.24. The summed E-state index contributed by atoms with van der Waals surface area (Å²) in [5.74, 6) is -0.936. The van der Waals surface area contributed by atoms with Gasteiger partial charge in [0.2, 0.25) is 0 Å². The van der Waals surface area contributed by atoms with E-state index in [0.717, 1.165) is 32.7 Å². The van der Waals surface area contributed by atoms with Gasteiger partial charge in [-0.15, -0.1) is 0 Å². The third-order valence-electron chi connectivity index (χ3n) is 5.29. The van der Waals surface area contributed by atoms with Gasteiger partial charge in [0, 0.05) is 21.5 Å². The number of carbonyl (C=O) groups excluding carboxylic acids is 2. The van der Waals surface area contributed by atoms with Crippen LogP contribution < -0.4 is 10.2 Å². The average Bonchev–Trinajstić information content (AvgIpc) is 3.00. The van der Waals surface area contributed by atoms with E-state index in [4.69, 9.17) is 12.2 Å². The predicted octanol–water partition coefficient (Wildman–Crippen LogP) is 5.00. The summed E-state index contributed by atoms with van der Waals surface area (Å²) < 4.78 is 3.00. The van der Waals surface area contributed by atoms with Crippen LogP contribution in [0.25, 0.3) is 11.8 Å². The molecule has 0 atom stereocenters. The Morgan fingerprint density at radius 2 is 1.71 bits per heavy atom. The zero-order chi connectivity index (χ0) is 22.3. The van der Waals surface area contributed by atoms with Crippen LogP contribution >= 0.6 is 28.1 Å². The molecule has 2 heterocycles. The molecule has 1 aliphatic rings. The van der Waals surface area contributed by atoms with Crippen molar-refractivity contribution in [3.8, 4) is 5.69 Å². The molecule has 31 heavy (non-hydrogen) atoms. The van der Waals surface area contributed by atoms with Crippen molar-refractivity contribution in [2.75, 3.05) is 4.90 Å². The largest absolute Gasteiger partial charge is 0.318 e. The average molecular weight is 494 g/mol. The summed E-state index contributed by atoms with van der Waals surface area (Å²) in [5, 5.41) is 2.73. The Kier molecular flexibility index (Phi) is 5.64. The third kappa shape index (κ3) is 3.86. The molecule has 0 radical (unpaired) electrons. The minimum absolute atomic E-state index is 0.0456. The summed E-state index contributed by atoms with van der Waals surface area (Å²) in [5.41, 5.74) is 5.33. The smallest absolute Gasteiger partial charge is 0.270 e.